The van der Waals surface area contributed by atoms with Crippen molar-refractivity contribution in [3.63, 3.8) is 0 Å². The molecule has 0 aliphatic heterocycles. The normalized spacial score (nSPS) is 10.8. The predicted octanol–water partition coefficient (Wildman–Crippen LogP) is 3.80. The zero-order valence-electron chi connectivity index (χ0n) is 11.6. The van der Waals surface area contributed by atoms with Gasteiger partial charge in [-0.2, -0.15) is 0 Å². The molecule has 0 bridgehead atoms. The molecule has 19 heavy (non-hydrogen) atoms. The molecule has 3 heteroatoms. The highest BCUT2D eigenvalue weighted by Gasteiger charge is 2.10. The fourth-order valence-corrected chi connectivity index (χ4v) is 1.95. The molecule has 0 aliphatic rings. The third-order valence-electron chi connectivity index (χ3n) is 3.01. The SMILES string of the molecule is Cc1cc(Oc2ccccc2C(C)C)c(CO)cn1. The Hall–Kier alpha value is -1.87. The summed E-state index contributed by atoms with van der Waals surface area (Å²) in [6.07, 6.45) is 1.66. The van der Waals surface area contributed by atoms with Gasteiger partial charge >= 0.3 is 0 Å². The third-order valence-corrected chi connectivity index (χ3v) is 3.01. The van der Waals surface area contributed by atoms with Gasteiger partial charge in [-0.1, -0.05) is 32.0 Å². The zero-order chi connectivity index (χ0) is 13.8. The minimum atomic E-state index is -0.0769. The molecular weight excluding hydrogens is 238 g/mol. The van der Waals surface area contributed by atoms with Gasteiger partial charge in [0.1, 0.15) is 11.5 Å². The largest absolute Gasteiger partial charge is 0.457 e. The lowest BCUT2D eigenvalue weighted by molar-refractivity contribution is 0.275. The Morgan fingerprint density at radius 2 is 1.95 bits per heavy atom. The van der Waals surface area contributed by atoms with Gasteiger partial charge in [-0.25, -0.2) is 0 Å². The van der Waals surface area contributed by atoms with Crippen LogP contribution in [0.5, 0.6) is 11.5 Å². The molecule has 0 radical (unpaired) electrons. The molecule has 1 N–H and O–H groups in total. The summed E-state index contributed by atoms with van der Waals surface area (Å²) in [5, 5.41) is 9.35. The molecule has 2 aromatic rings. The first-order chi connectivity index (χ1) is 9.11. The molecule has 1 aromatic carbocycles. The van der Waals surface area contributed by atoms with Gasteiger partial charge in [0.2, 0.25) is 0 Å². The number of benzene rings is 1. The molecule has 1 heterocycles. The molecule has 0 saturated carbocycles. The van der Waals surface area contributed by atoms with E-state index in [1.165, 1.54) is 0 Å². The number of para-hydroxylation sites is 1. The molecular formula is C16H19NO2. The molecule has 0 saturated heterocycles. The molecule has 0 aliphatic carbocycles. The van der Waals surface area contributed by atoms with E-state index in [0.717, 1.165) is 17.0 Å². The summed E-state index contributed by atoms with van der Waals surface area (Å²) >= 11 is 0. The van der Waals surface area contributed by atoms with E-state index in [1.807, 2.05) is 31.2 Å². The molecule has 100 valence electrons. The number of aryl methyl sites for hydroxylation is 1. The van der Waals surface area contributed by atoms with Gasteiger partial charge in [0.15, 0.2) is 0 Å². The first-order valence-electron chi connectivity index (χ1n) is 6.45. The molecule has 3 nitrogen and oxygen atoms in total. The molecule has 0 unspecified atom stereocenters. The van der Waals surface area contributed by atoms with Crippen molar-refractivity contribution >= 4 is 0 Å². The summed E-state index contributed by atoms with van der Waals surface area (Å²) in [6.45, 7) is 6.09. The molecule has 2 rings (SSSR count). The van der Waals surface area contributed by atoms with Crippen LogP contribution in [0.2, 0.25) is 0 Å². The van der Waals surface area contributed by atoms with Crippen molar-refractivity contribution in [2.75, 3.05) is 0 Å². The Morgan fingerprint density at radius 1 is 1.21 bits per heavy atom. The number of rotatable bonds is 4. The number of pyridine rings is 1. The predicted molar refractivity (Wildman–Crippen MR) is 75.5 cm³/mol. The summed E-state index contributed by atoms with van der Waals surface area (Å²) in [5.74, 6) is 1.89. The van der Waals surface area contributed by atoms with E-state index in [0.29, 0.717) is 17.2 Å². The van der Waals surface area contributed by atoms with Crippen molar-refractivity contribution in [1.29, 1.82) is 0 Å². The fourth-order valence-electron chi connectivity index (χ4n) is 1.95. The summed E-state index contributed by atoms with van der Waals surface area (Å²) in [7, 11) is 0. The first-order valence-corrected chi connectivity index (χ1v) is 6.45. The average molecular weight is 257 g/mol. The number of hydrogen-bond donors (Lipinski definition) is 1. The Bertz CT molecular complexity index is 564. The second-order valence-electron chi connectivity index (χ2n) is 4.89. The van der Waals surface area contributed by atoms with Crippen LogP contribution in [0.4, 0.5) is 0 Å². The van der Waals surface area contributed by atoms with E-state index in [1.54, 1.807) is 6.20 Å². The van der Waals surface area contributed by atoms with Crippen molar-refractivity contribution in [2.24, 2.45) is 0 Å². The van der Waals surface area contributed by atoms with Crippen molar-refractivity contribution in [2.45, 2.75) is 33.3 Å². The van der Waals surface area contributed by atoms with Crippen molar-refractivity contribution in [1.82, 2.24) is 4.98 Å². The minimum absolute atomic E-state index is 0.0769. The Balaban J connectivity index is 2.38. The summed E-state index contributed by atoms with van der Waals surface area (Å²) in [4.78, 5) is 4.17. The van der Waals surface area contributed by atoms with Crippen molar-refractivity contribution < 1.29 is 9.84 Å². The Labute approximate surface area is 113 Å². The fraction of sp³-hybridized carbons (Fsp3) is 0.312. The van der Waals surface area contributed by atoms with Gasteiger partial charge in [-0.05, 0) is 24.5 Å². The standard InChI is InChI=1S/C16H19NO2/c1-11(2)14-6-4-5-7-15(14)19-16-8-12(3)17-9-13(16)10-18/h4-9,11,18H,10H2,1-3H3. The van der Waals surface area contributed by atoms with Crippen LogP contribution in [0.25, 0.3) is 0 Å². The number of hydrogen-bond acceptors (Lipinski definition) is 3. The van der Waals surface area contributed by atoms with Crippen LogP contribution < -0.4 is 4.74 Å². The Morgan fingerprint density at radius 3 is 2.63 bits per heavy atom. The van der Waals surface area contributed by atoms with Gasteiger partial charge in [0.25, 0.3) is 0 Å². The number of aromatic nitrogens is 1. The van der Waals surface area contributed by atoms with E-state index >= 15 is 0 Å². The number of aliphatic hydroxyl groups excluding tert-OH is 1. The van der Waals surface area contributed by atoms with Crippen LogP contribution in [0.15, 0.2) is 36.5 Å². The van der Waals surface area contributed by atoms with Crippen LogP contribution in [0.3, 0.4) is 0 Å². The van der Waals surface area contributed by atoms with E-state index in [9.17, 15) is 5.11 Å². The van der Waals surface area contributed by atoms with E-state index in [2.05, 4.69) is 24.9 Å². The van der Waals surface area contributed by atoms with Crippen LogP contribution in [-0.2, 0) is 6.61 Å². The van der Waals surface area contributed by atoms with Gasteiger partial charge < -0.3 is 9.84 Å². The molecule has 1 aromatic heterocycles. The highest BCUT2D eigenvalue weighted by molar-refractivity contribution is 5.42. The lowest BCUT2D eigenvalue weighted by atomic mass is 10.0. The van der Waals surface area contributed by atoms with E-state index in [4.69, 9.17) is 4.74 Å². The van der Waals surface area contributed by atoms with E-state index < -0.39 is 0 Å². The second-order valence-corrected chi connectivity index (χ2v) is 4.89. The second kappa shape index (κ2) is 5.85. The van der Waals surface area contributed by atoms with Crippen LogP contribution >= 0.6 is 0 Å². The number of nitrogens with zero attached hydrogens (tertiary/aromatic N) is 1. The number of ether oxygens (including phenoxy) is 1. The van der Waals surface area contributed by atoms with Crippen LogP contribution in [0.1, 0.15) is 36.6 Å². The Kier molecular flexibility index (Phi) is 4.17. The average Bonchev–Trinajstić information content (AvgIpc) is 2.39. The van der Waals surface area contributed by atoms with Crippen LogP contribution in [0, 0.1) is 6.92 Å². The molecule has 0 atom stereocenters. The smallest absolute Gasteiger partial charge is 0.136 e. The van der Waals surface area contributed by atoms with Gasteiger partial charge in [-0.3, -0.25) is 4.98 Å². The maximum atomic E-state index is 9.35. The quantitative estimate of drug-likeness (QED) is 0.906. The van der Waals surface area contributed by atoms with Crippen molar-refractivity contribution in [3.05, 3.63) is 53.3 Å². The van der Waals surface area contributed by atoms with Gasteiger partial charge in [0, 0.05) is 23.5 Å². The minimum Gasteiger partial charge on any atom is -0.457 e. The topological polar surface area (TPSA) is 42.4 Å². The maximum Gasteiger partial charge on any atom is 0.136 e. The highest BCUT2D eigenvalue weighted by Crippen LogP contribution is 2.32. The van der Waals surface area contributed by atoms with E-state index in [-0.39, 0.29) is 6.61 Å². The van der Waals surface area contributed by atoms with Crippen LogP contribution in [-0.4, -0.2) is 10.1 Å². The maximum absolute atomic E-state index is 9.35. The monoisotopic (exact) mass is 257 g/mol. The first kappa shape index (κ1) is 13.6. The lowest BCUT2D eigenvalue weighted by Gasteiger charge is -2.15. The highest BCUT2D eigenvalue weighted by atomic mass is 16.5. The van der Waals surface area contributed by atoms with Gasteiger partial charge in [-0.15, -0.1) is 0 Å². The summed E-state index contributed by atoms with van der Waals surface area (Å²) < 4.78 is 5.97. The number of aliphatic hydroxyl groups is 1. The third kappa shape index (κ3) is 3.12. The van der Waals surface area contributed by atoms with Crippen molar-refractivity contribution in [3.8, 4) is 11.5 Å². The molecule has 0 fully saturated rings. The molecule has 0 amide bonds. The zero-order valence-corrected chi connectivity index (χ0v) is 11.6. The lowest BCUT2D eigenvalue weighted by Crippen LogP contribution is -1.98. The molecule has 0 spiro atoms. The van der Waals surface area contributed by atoms with Gasteiger partial charge in [0.05, 0.1) is 6.61 Å². The summed E-state index contributed by atoms with van der Waals surface area (Å²) in [6, 6.07) is 9.82. The summed E-state index contributed by atoms with van der Waals surface area (Å²) in [5.41, 5.74) is 2.72.